The van der Waals surface area contributed by atoms with Crippen LogP contribution in [0.5, 0.6) is 0 Å². The molecule has 0 saturated heterocycles. The van der Waals surface area contributed by atoms with E-state index in [4.69, 9.17) is 5.73 Å². The lowest BCUT2D eigenvalue weighted by atomic mass is 9.98. The number of nitrogens with zero attached hydrogens (tertiary/aromatic N) is 1. The van der Waals surface area contributed by atoms with Gasteiger partial charge in [-0.1, -0.05) is 32.4 Å². The minimum Gasteiger partial charge on any atom is -0.368 e. The molecule has 1 rings (SSSR count). The van der Waals surface area contributed by atoms with Gasteiger partial charge >= 0.3 is 0 Å². The highest BCUT2D eigenvalue weighted by molar-refractivity contribution is 5.87. The first kappa shape index (κ1) is 16.6. The molecule has 3 N–H and O–H groups in total. The van der Waals surface area contributed by atoms with E-state index in [0.29, 0.717) is 12.0 Å². The summed E-state index contributed by atoms with van der Waals surface area (Å²) in [6.45, 7) is 3.72. The third-order valence-corrected chi connectivity index (χ3v) is 3.32. The summed E-state index contributed by atoms with van der Waals surface area (Å²) in [4.78, 5) is 33.4. The van der Waals surface area contributed by atoms with Crippen molar-refractivity contribution in [2.24, 2.45) is 11.7 Å². The second kappa shape index (κ2) is 7.37. The molecule has 114 valence electrons. The maximum absolute atomic E-state index is 11.9. The predicted octanol–water partition coefficient (Wildman–Crippen LogP) is 1.15. The van der Waals surface area contributed by atoms with Gasteiger partial charge in [-0.15, -0.1) is 0 Å². The second-order valence-electron chi connectivity index (χ2n) is 4.94. The van der Waals surface area contributed by atoms with E-state index in [2.05, 4.69) is 5.32 Å². The number of carbonyl (C=O) groups is 2. The molecule has 0 radical (unpaired) electrons. The quantitative estimate of drug-likeness (QED) is 0.579. The van der Waals surface area contributed by atoms with Crippen LogP contribution in [-0.2, 0) is 16.0 Å². The summed E-state index contributed by atoms with van der Waals surface area (Å²) in [7, 11) is 0. The van der Waals surface area contributed by atoms with Crippen LogP contribution < -0.4 is 11.1 Å². The lowest BCUT2D eigenvalue weighted by molar-refractivity contribution is -0.384. The Morgan fingerprint density at radius 1 is 1.43 bits per heavy atom. The van der Waals surface area contributed by atoms with Gasteiger partial charge < -0.3 is 11.1 Å². The van der Waals surface area contributed by atoms with Gasteiger partial charge in [0.2, 0.25) is 11.8 Å². The van der Waals surface area contributed by atoms with Gasteiger partial charge in [0.1, 0.15) is 6.04 Å². The lowest BCUT2D eigenvalue weighted by Crippen LogP contribution is -2.48. The lowest BCUT2D eigenvalue weighted by Gasteiger charge is -2.21. The van der Waals surface area contributed by atoms with Gasteiger partial charge in [-0.2, -0.15) is 0 Å². The zero-order chi connectivity index (χ0) is 16.0. The summed E-state index contributed by atoms with van der Waals surface area (Å²) in [5.74, 6) is -1.05. The Balaban J connectivity index is 2.74. The van der Waals surface area contributed by atoms with E-state index in [0.717, 1.165) is 0 Å². The predicted molar refractivity (Wildman–Crippen MR) is 77.4 cm³/mol. The van der Waals surface area contributed by atoms with Crippen molar-refractivity contribution in [2.75, 3.05) is 0 Å². The molecule has 21 heavy (non-hydrogen) atoms. The molecule has 0 aliphatic rings. The van der Waals surface area contributed by atoms with E-state index >= 15 is 0 Å². The van der Waals surface area contributed by atoms with Crippen molar-refractivity contribution in [2.45, 2.75) is 32.7 Å². The number of non-ortho nitro benzene ring substituents is 1. The topological polar surface area (TPSA) is 115 Å². The summed E-state index contributed by atoms with van der Waals surface area (Å²) >= 11 is 0. The molecule has 0 spiro atoms. The molecule has 0 aliphatic heterocycles. The summed E-state index contributed by atoms with van der Waals surface area (Å²) in [5.41, 5.74) is 5.71. The van der Waals surface area contributed by atoms with Crippen molar-refractivity contribution in [3.63, 3.8) is 0 Å². The van der Waals surface area contributed by atoms with Gasteiger partial charge in [-0.05, 0) is 11.5 Å². The number of nitro groups is 1. The molecule has 0 aromatic heterocycles. The average Bonchev–Trinajstić information content (AvgIpc) is 2.43. The van der Waals surface area contributed by atoms with E-state index in [1.165, 1.54) is 18.2 Å². The van der Waals surface area contributed by atoms with Crippen LogP contribution in [0.2, 0.25) is 0 Å². The van der Waals surface area contributed by atoms with Crippen LogP contribution in [0.3, 0.4) is 0 Å². The highest BCUT2D eigenvalue weighted by Crippen LogP contribution is 2.14. The van der Waals surface area contributed by atoms with Gasteiger partial charge in [0.05, 0.1) is 11.3 Å². The Kier molecular flexibility index (Phi) is 5.83. The van der Waals surface area contributed by atoms with E-state index in [1.54, 1.807) is 6.07 Å². The minimum atomic E-state index is -0.735. The molecule has 7 nitrogen and oxygen atoms in total. The standard InChI is InChI=1S/C14H19N3O4/c1-3-9(2)13(14(15)19)16-12(18)8-10-5-4-6-11(7-10)17(20)21/h4-7,9,13H,3,8H2,1-2H3,(H2,15,19)(H,16,18)/t9-,13+/m0/s1. The van der Waals surface area contributed by atoms with Gasteiger partial charge in [0.25, 0.3) is 5.69 Å². The Morgan fingerprint density at radius 2 is 2.10 bits per heavy atom. The maximum atomic E-state index is 11.9. The van der Waals surface area contributed by atoms with Crippen molar-refractivity contribution < 1.29 is 14.5 Å². The molecule has 0 unspecified atom stereocenters. The van der Waals surface area contributed by atoms with Crippen LogP contribution in [0.15, 0.2) is 24.3 Å². The summed E-state index contributed by atoms with van der Waals surface area (Å²) < 4.78 is 0. The van der Waals surface area contributed by atoms with Crippen LogP contribution in [0.25, 0.3) is 0 Å². The molecule has 7 heteroatoms. The number of hydrogen-bond acceptors (Lipinski definition) is 4. The molecule has 0 aliphatic carbocycles. The Morgan fingerprint density at radius 3 is 2.62 bits per heavy atom. The first-order valence-corrected chi connectivity index (χ1v) is 6.67. The molecule has 0 fully saturated rings. The molecule has 2 atom stereocenters. The van der Waals surface area contributed by atoms with E-state index < -0.39 is 16.9 Å². The fourth-order valence-electron chi connectivity index (χ4n) is 1.92. The molecule has 2 amide bonds. The number of hydrogen-bond donors (Lipinski definition) is 2. The van der Waals surface area contributed by atoms with E-state index in [1.807, 2.05) is 13.8 Å². The number of carbonyl (C=O) groups excluding carboxylic acids is 2. The number of rotatable bonds is 7. The van der Waals surface area contributed by atoms with E-state index in [-0.39, 0.29) is 23.9 Å². The van der Waals surface area contributed by atoms with Crippen molar-refractivity contribution >= 4 is 17.5 Å². The van der Waals surface area contributed by atoms with Crippen molar-refractivity contribution in [3.8, 4) is 0 Å². The van der Waals surface area contributed by atoms with Gasteiger partial charge in [0, 0.05) is 12.1 Å². The summed E-state index contributed by atoms with van der Waals surface area (Å²) in [6.07, 6.45) is 0.659. The third-order valence-electron chi connectivity index (χ3n) is 3.32. The molecule has 0 bridgehead atoms. The van der Waals surface area contributed by atoms with Crippen LogP contribution in [-0.4, -0.2) is 22.8 Å². The fraction of sp³-hybridized carbons (Fsp3) is 0.429. The van der Waals surface area contributed by atoms with Crippen molar-refractivity contribution in [1.82, 2.24) is 5.32 Å². The second-order valence-corrected chi connectivity index (χ2v) is 4.94. The minimum absolute atomic E-state index is 0.0398. The Labute approximate surface area is 122 Å². The third kappa shape index (κ3) is 4.87. The Hall–Kier alpha value is -2.44. The summed E-state index contributed by atoms with van der Waals surface area (Å²) in [5, 5.41) is 13.3. The highest BCUT2D eigenvalue weighted by Gasteiger charge is 2.23. The number of primary amides is 1. The number of amides is 2. The maximum Gasteiger partial charge on any atom is 0.269 e. The Bertz CT molecular complexity index is 545. The zero-order valence-electron chi connectivity index (χ0n) is 12.0. The smallest absolute Gasteiger partial charge is 0.269 e. The van der Waals surface area contributed by atoms with Crippen LogP contribution >= 0.6 is 0 Å². The van der Waals surface area contributed by atoms with Crippen molar-refractivity contribution in [3.05, 3.63) is 39.9 Å². The van der Waals surface area contributed by atoms with Crippen LogP contribution in [0, 0.1) is 16.0 Å². The molecule has 1 aromatic carbocycles. The zero-order valence-corrected chi connectivity index (χ0v) is 12.0. The molecule has 0 heterocycles. The van der Waals surface area contributed by atoms with E-state index in [9.17, 15) is 19.7 Å². The fourth-order valence-corrected chi connectivity index (χ4v) is 1.92. The molecule has 1 aromatic rings. The monoisotopic (exact) mass is 293 g/mol. The largest absolute Gasteiger partial charge is 0.368 e. The van der Waals surface area contributed by atoms with Gasteiger partial charge in [0.15, 0.2) is 0 Å². The van der Waals surface area contributed by atoms with Gasteiger partial charge in [-0.25, -0.2) is 0 Å². The molecular formula is C14H19N3O4. The first-order valence-electron chi connectivity index (χ1n) is 6.67. The average molecular weight is 293 g/mol. The molecule has 0 saturated carbocycles. The number of nitro benzene ring substituents is 1. The van der Waals surface area contributed by atoms with Crippen molar-refractivity contribution in [1.29, 1.82) is 0 Å². The number of benzene rings is 1. The normalized spacial score (nSPS) is 13.2. The molecular weight excluding hydrogens is 274 g/mol. The number of nitrogens with one attached hydrogen (secondary N) is 1. The van der Waals surface area contributed by atoms with Gasteiger partial charge in [-0.3, -0.25) is 19.7 Å². The highest BCUT2D eigenvalue weighted by atomic mass is 16.6. The SMILES string of the molecule is CC[C@H](C)[C@@H](NC(=O)Cc1cccc([N+](=O)[O-])c1)C(N)=O. The van der Waals surface area contributed by atoms with Crippen LogP contribution in [0.4, 0.5) is 5.69 Å². The van der Waals surface area contributed by atoms with Crippen LogP contribution in [0.1, 0.15) is 25.8 Å². The number of nitrogens with two attached hydrogens (primary N) is 1. The first-order chi connectivity index (χ1) is 9.85. The summed E-state index contributed by atoms with van der Waals surface area (Å²) in [6, 6.07) is 5.09.